The summed E-state index contributed by atoms with van der Waals surface area (Å²) in [5.41, 5.74) is 8.34. The highest BCUT2D eigenvalue weighted by Gasteiger charge is 2.33. The van der Waals surface area contributed by atoms with E-state index in [1.807, 2.05) is 23.6 Å². The Morgan fingerprint density at radius 1 is 1.03 bits per heavy atom. The van der Waals surface area contributed by atoms with Crippen molar-refractivity contribution in [3.63, 3.8) is 0 Å². The number of anilines is 3. The molecule has 3 atom stereocenters. The molecule has 5 rings (SSSR count). The van der Waals surface area contributed by atoms with Crippen LogP contribution in [-0.4, -0.2) is 64.6 Å². The van der Waals surface area contributed by atoms with Crippen LogP contribution in [-0.2, 0) is 9.53 Å². The number of nitrogens with two attached hydrogens (primary N) is 1. The Hall–Kier alpha value is -3.21. The largest absolute Gasteiger partial charge is 0.399 e. The highest BCUT2D eigenvalue weighted by atomic mass is 35.5. The second-order valence-corrected chi connectivity index (χ2v) is 10.6. The van der Waals surface area contributed by atoms with Gasteiger partial charge < -0.3 is 25.6 Å². The molecule has 9 nitrogen and oxygen atoms in total. The Morgan fingerprint density at radius 3 is 2.50 bits per heavy atom. The molecule has 202 valence electrons. The number of amides is 2. The predicted molar refractivity (Wildman–Crippen MR) is 153 cm³/mol. The van der Waals surface area contributed by atoms with E-state index < -0.39 is 6.04 Å². The molecule has 2 aliphatic heterocycles. The first-order valence-electron chi connectivity index (χ1n) is 12.7. The van der Waals surface area contributed by atoms with Crippen LogP contribution in [0.2, 0.25) is 0 Å². The fourth-order valence-corrected chi connectivity index (χ4v) is 5.69. The number of likely N-dealkylation sites (tertiary alicyclic amines) is 1. The lowest BCUT2D eigenvalue weighted by Gasteiger charge is -2.36. The summed E-state index contributed by atoms with van der Waals surface area (Å²) in [6.45, 7) is 6.25. The van der Waals surface area contributed by atoms with Gasteiger partial charge in [0.2, 0.25) is 5.91 Å². The van der Waals surface area contributed by atoms with Gasteiger partial charge in [0.15, 0.2) is 5.13 Å². The van der Waals surface area contributed by atoms with Gasteiger partial charge in [-0.1, -0.05) is 6.07 Å². The molecule has 0 radical (unpaired) electrons. The summed E-state index contributed by atoms with van der Waals surface area (Å²) in [4.78, 5) is 39.7. The lowest BCUT2D eigenvalue weighted by molar-refractivity contribution is -0.121. The number of piperidine rings is 1. The summed E-state index contributed by atoms with van der Waals surface area (Å²) < 4.78 is 5.85. The van der Waals surface area contributed by atoms with E-state index in [-0.39, 0.29) is 36.4 Å². The van der Waals surface area contributed by atoms with Gasteiger partial charge in [-0.15, -0.1) is 23.7 Å². The van der Waals surface area contributed by atoms with Crippen LogP contribution in [0.25, 0.3) is 11.4 Å². The molecule has 2 saturated heterocycles. The summed E-state index contributed by atoms with van der Waals surface area (Å²) in [5.74, 6) is 0.506. The van der Waals surface area contributed by atoms with Gasteiger partial charge in [-0.05, 0) is 69.5 Å². The monoisotopic (exact) mass is 556 g/mol. The number of thiazole rings is 1. The third-order valence-electron chi connectivity index (χ3n) is 6.70. The van der Waals surface area contributed by atoms with E-state index in [1.54, 1.807) is 29.2 Å². The third kappa shape index (κ3) is 6.25. The number of nitrogens with one attached hydrogen (secondary N) is 1. The SMILES string of the molecule is C[C@@H]1CN(c2cccc(-c3csc(NC(=O)C4CCCCN4C(=O)c4ccc(N)cc4)n3)n2)C[C@H](C)O1.Cl. The van der Waals surface area contributed by atoms with Gasteiger partial charge in [-0.2, -0.15) is 0 Å². The minimum atomic E-state index is -0.544. The number of hydrogen-bond acceptors (Lipinski definition) is 8. The van der Waals surface area contributed by atoms with Gasteiger partial charge in [-0.25, -0.2) is 9.97 Å². The van der Waals surface area contributed by atoms with Gasteiger partial charge in [0.25, 0.3) is 5.91 Å². The van der Waals surface area contributed by atoms with Crippen LogP contribution in [0, 0.1) is 0 Å². The molecule has 2 fully saturated rings. The first-order valence-corrected chi connectivity index (χ1v) is 13.6. The minimum absolute atomic E-state index is 0. The summed E-state index contributed by atoms with van der Waals surface area (Å²) in [6, 6.07) is 12.2. The molecule has 11 heteroatoms. The van der Waals surface area contributed by atoms with Crippen molar-refractivity contribution in [3.05, 3.63) is 53.4 Å². The molecule has 2 aliphatic rings. The molecule has 1 unspecified atom stereocenters. The van der Waals surface area contributed by atoms with E-state index in [4.69, 9.17) is 15.5 Å². The van der Waals surface area contributed by atoms with Crippen molar-refractivity contribution in [2.24, 2.45) is 0 Å². The zero-order valence-electron chi connectivity index (χ0n) is 21.5. The number of hydrogen-bond donors (Lipinski definition) is 2. The number of pyridine rings is 1. The number of carbonyl (C=O) groups excluding carboxylic acids is 2. The fraction of sp³-hybridized carbons (Fsp3) is 0.407. The molecular formula is C27H33ClN6O3S. The minimum Gasteiger partial charge on any atom is -0.399 e. The first kappa shape index (κ1) is 27.8. The van der Waals surface area contributed by atoms with Crippen molar-refractivity contribution in [1.82, 2.24) is 14.9 Å². The topological polar surface area (TPSA) is 114 Å². The van der Waals surface area contributed by atoms with Crippen LogP contribution in [0.4, 0.5) is 16.6 Å². The molecule has 38 heavy (non-hydrogen) atoms. The molecule has 0 bridgehead atoms. The van der Waals surface area contributed by atoms with Gasteiger partial charge in [0, 0.05) is 36.3 Å². The number of morpholine rings is 1. The Bertz CT molecular complexity index is 1260. The van der Waals surface area contributed by atoms with Crippen molar-refractivity contribution in [1.29, 1.82) is 0 Å². The van der Waals surface area contributed by atoms with Crippen molar-refractivity contribution >= 4 is 52.2 Å². The molecule has 0 saturated carbocycles. The maximum atomic E-state index is 13.2. The molecule has 0 spiro atoms. The Labute approximate surface area is 232 Å². The quantitative estimate of drug-likeness (QED) is 0.446. The Kier molecular flexibility index (Phi) is 8.86. The average Bonchev–Trinajstić information content (AvgIpc) is 3.37. The van der Waals surface area contributed by atoms with Crippen LogP contribution in [0.1, 0.15) is 43.5 Å². The van der Waals surface area contributed by atoms with E-state index >= 15 is 0 Å². The molecule has 0 aliphatic carbocycles. The zero-order chi connectivity index (χ0) is 25.9. The summed E-state index contributed by atoms with van der Waals surface area (Å²) in [5, 5.41) is 5.32. The van der Waals surface area contributed by atoms with Crippen molar-refractivity contribution in [2.75, 3.05) is 35.6 Å². The van der Waals surface area contributed by atoms with Gasteiger partial charge >= 0.3 is 0 Å². The van der Waals surface area contributed by atoms with Crippen LogP contribution in [0.5, 0.6) is 0 Å². The standard InChI is InChI=1S/C27H32N6O3S.ClH/c1-17-14-32(15-18(2)36-17)24-8-5-6-21(29-24)22-16-37-27(30-22)31-25(34)23-7-3-4-13-33(23)26(35)19-9-11-20(28)12-10-19;/h5-6,8-12,16-18,23H,3-4,7,13-15,28H2,1-2H3,(H,30,31,34);1H/t17-,18+,23?;. The lowest BCUT2D eigenvalue weighted by Crippen LogP contribution is -2.50. The predicted octanol–water partition coefficient (Wildman–Crippen LogP) is 4.46. The summed E-state index contributed by atoms with van der Waals surface area (Å²) >= 11 is 1.35. The number of aromatic nitrogens is 2. The number of nitrogen functional groups attached to an aromatic ring is 1. The number of ether oxygens (including phenoxy) is 1. The lowest BCUT2D eigenvalue weighted by atomic mass is 10.00. The highest BCUT2D eigenvalue weighted by molar-refractivity contribution is 7.14. The first-order chi connectivity index (χ1) is 17.9. The van der Waals surface area contributed by atoms with Crippen molar-refractivity contribution < 1.29 is 14.3 Å². The van der Waals surface area contributed by atoms with E-state index in [0.29, 0.717) is 35.0 Å². The van der Waals surface area contributed by atoms with Gasteiger partial charge in [0.05, 0.1) is 17.9 Å². The smallest absolute Gasteiger partial charge is 0.254 e. The van der Waals surface area contributed by atoms with E-state index in [0.717, 1.165) is 37.4 Å². The van der Waals surface area contributed by atoms with Crippen LogP contribution in [0.3, 0.4) is 0 Å². The van der Waals surface area contributed by atoms with Crippen molar-refractivity contribution in [3.8, 4) is 11.4 Å². The van der Waals surface area contributed by atoms with Gasteiger partial charge in [-0.3, -0.25) is 9.59 Å². The number of halogens is 1. The molecule has 3 aromatic rings. The van der Waals surface area contributed by atoms with E-state index in [1.165, 1.54) is 11.3 Å². The maximum Gasteiger partial charge on any atom is 0.254 e. The van der Waals surface area contributed by atoms with Crippen LogP contribution in [0.15, 0.2) is 47.8 Å². The second kappa shape index (κ2) is 12.1. The van der Waals surface area contributed by atoms with Crippen LogP contribution < -0.4 is 16.0 Å². The summed E-state index contributed by atoms with van der Waals surface area (Å²) in [6.07, 6.45) is 2.66. The number of benzene rings is 1. The Balaban J connectivity index is 0.00000336. The van der Waals surface area contributed by atoms with E-state index in [9.17, 15) is 9.59 Å². The molecule has 3 N–H and O–H groups in total. The average molecular weight is 557 g/mol. The Morgan fingerprint density at radius 2 is 1.76 bits per heavy atom. The summed E-state index contributed by atoms with van der Waals surface area (Å²) in [7, 11) is 0. The fourth-order valence-electron chi connectivity index (χ4n) is 4.98. The highest BCUT2D eigenvalue weighted by Crippen LogP contribution is 2.28. The maximum absolute atomic E-state index is 13.2. The van der Waals surface area contributed by atoms with Crippen molar-refractivity contribution in [2.45, 2.75) is 51.4 Å². The van der Waals surface area contributed by atoms with Gasteiger partial charge in [0.1, 0.15) is 17.6 Å². The van der Waals surface area contributed by atoms with Crippen LogP contribution >= 0.6 is 23.7 Å². The third-order valence-corrected chi connectivity index (χ3v) is 7.46. The second-order valence-electron chi connectivity index (χ2n) is 9.70. The molecule has 2 amide bonds. The molecule has 1 aromatic carbocycles. The zero-order valence-corrected chi connectivity index (χ0v) is 23.1. The number of rotatable bonds is 5. The number of nitrogens with zero attached hydrogens (tertiary/aromatic N) is 4. The molecule has 2 aromatic heterocycles. The number of carbonyl (C=O) groups is 2. The van der Waals surface area contributed by atoms with E-state index in [2.05, 4.69) is 29.0 Å². The normalized spacial score (nSPS) is 21.5. The molecular weight excluding hydrogens is 524 g/mol. The molecule has 4 heterocycles.